The van der Waals surface area contributed by atoms with Crippen LogP contribution in [0, 0.1) is 10.8 Å². The normalized spacial score (nSPS) is 11.4. The number of benzene rings is 2. The lowest BCUT2D eigenvalue weighted by atomic mass is 10.1. The number of aliphatic imine (C=N–C) groups is 2. The molecule has 0 spiro atoms. The monoisotopic (exact) mass is 474 g/mol. The average Bonchev–Trinajstić information content (AvgIpc) is 2.64. The molecule has 0 atom stereocenters. The first kappa shape index (κ1) is 25.9. The summed E-state index contributed by atoms with van der Waals surface area (Å²) in [6.07, 6.45) is -2.12. The fourth-order valence-electron chi connectivity index (χ4n) is 2.04. The minimum atomic E-state index is -4.50. The van der Waals surface area contributed by atoms with Gasteiger partial charge in [-0.2, -0.15) is 13.2 Å². The van der Waals surface area contributed by atoms with E-state index < -0.39 is 11.7 Å². The van der Waals surface area contributed by atoms with Crippen LogP contribution in [0.4, 0.5) is 13.2 Å². The van der Waals surface area contributed by atoms with Gasteiger partial charge in [0.05, 0.1) is 29.2 Å². The molecule has 0 aliphatic carbocycles. The lowest BCUT2D eigenvalue weighted by Crippen LogP contribution is -2.14. The molecular weight excluding hydrogens is 456 g/mol. The van der Waals surface area contributed by atoms with E-state index in [0.717, 1.165) is 12.3 Å². The van der Waals surface area contributed by atoms with Crippen LogP contribution < -0.4 is 11.5 Å². The minimum Gasteiger partial charge on any atom is -0.507 e. The van der Waals surface area contributed by atoms with Crippen LogP contribution in [0.25, 0.3) is 0 Å². The van der Waals surface area contributed by atoms with E-state index in [9.17, 15) is 18.3 Å². The highest BCUT2D eigenvalue weighted by atomic mass is 35.5. The molecule has 2 rings (SSSR count). The lowest BCUT2D eigenvalue weighted by Gasteiger charge is -2.10. The second kappa shape index (κ2) is 11.9. The van der Waals surface area contributed by atoms with Crippen LogP contribution in [0.1, 0.15) is 16.7 Å². The van der Waals surface area contributed by atoms with Crippen molar-refractivity contribution >= 4 is 47.3 Å². The molecule has 0 amide bonds. The van der Waals surface area contributed by atoms with Gasteiger partial charge in [-0.05, 0) is 24.3 Å². The van der Waals surface area contributed by atoms with E-state index in [2.05, 4.69) is 9.98 Å². The number of nitrogens with zero attached hydrogens (tertiary/aromatic N) is 2. The average molecular weight is 475 g/mol. The Balaban J connectivity index is 0.000000316. The van der Waals surface area contributed by atoms with Gasteiger partial charge in [-0.3, -0.25) is 20.8 Å². The SMILES string of the molecule is N=C(N)CN=Cc1c(Cl)cccc1C(F)(F)F.N=C(N)CN=Cc1c(O)cccc1Cl. The molecule has 2 aromatic rings. The van der Waals surface area contributed by atoms with E-state index in [1.165, 1.54) is 24.4 Å². The topological polar surface area (TPSA) is 145 Å². The number of nitrogens with two attached hydrogens (primary N) is 2. The second-order valence-corrected chi connectivity index (χ2v) is 6.68. The van der Waals surface area contributed by atoms with Gasteiger partial charge in [0, 0.05) is 23.0 Å². The largest absolute Gasteiger partial charge is 0.507 e. The number of aromatic hydroxyl groups is 1. The van der Waals surface area contributed by atoms with Crippen molar-refractivity contribution in [1.29, 1.82) is 10.8 Å². The number of halogens is 5. The van der Waals surface area contributed by atoms with Gasteiger partial charge in [0.25, 0.3) is 0 Å². The third kappa shape index (κ3) is 9.06. The predicted octanol–water partition coefficient (Wildman–Crippen LogP) is 4.11. The van der Waals surface area contributed by atoms with Gasteiger partial charge in [0.1, 0.15) is 17.4 Å². The number of phenolic OH excluding ortho intramolecular Hbond substituents is 1. The Bertz CT molecular complexity index is 973. The van der Waals surface area contributed by atoms with Crippen LogP contribution in [0.2, 0.25) is 10.0 Å². The van der Waals surface area contributed by atoms with Gasteiger partial charge >= 0.3 is 6.18 Å². The number of amidine groups is 2. The summed E-state index contributed by atoms with van der Waals surface area (Å²) in [5.74, 6) is -0.209. The van der Waals surface area contributed by atoms with Gasteiger partial charge in [-0.15, -0.1) is 0 Å². The summed E-state index contributed by atoms with van der Waals surface area (Å²) >= 11 is 11.5. The van der Waals surface area contributed by atoms with Crippen molar-refractivity contribution < 1.29 is 18.3 Å². The summed E-state index contributed by atoms with van der Waals surface area (Å²) in [5.41, 5.74) is 9.50. The number of hydrogen-bond acceptors (Lipinski definition) is 5. The standard InChI is InChI=1S/C10H9ClF3N3.C9H10ClN3O/c11-8-3-1-2-7(10(12,13)14)6(8)4-17-5-9(15)16;10-7-2-1-3-8(14)6(7)4-13-5-9(11)12/h1-4H,5H2,(H3,15,16);1-4,14H,5H2,(H3,11,12). The Morgan fingerprint density at radius 3 is 1.81 bits per heavy atom. The molecule has 0 unspecified atom stereocenters. The van der Waals surface area contributed by atoms with E-state index >= 15 is 0 Å². The molecule has 0 radical (unpaired) electrons. The Labute approximate surface area is 186 Å². The molecule has 0 aliphatic rings. The van der Waals surface area contributed by atoms with E-state index in [0.29, 0.717) is 10.6 Å². The highest BCUT2D eigenvalue weighted by Gasteiger charge is 2.33. The van der Waals surface area contributed by atoms with E-state index in [1.807, 2.05) is 0 Å². The Kier molecular flexibility index (Phi) is 9.97. The Hall–Kier alpha value is -3.11. The molecule has 166 valence electrons. The Morgan fingerprint density at radius 1 is 0.903 bits per heavy atom. The number of alkyl halides is 3. The van der Waals surface area contributed by atoms with Gasteiger partial charge in [0.2, 0.25) is 0 Å². The van der Waals surface area contributed by atoms with Crippen molar-refractivity contribution in [1.82, 2.24) is 0 Å². The van der Waals surface area contributed by atoms with Crippen LogP contribution in [0.3, 0.4) is 0 Å². The molecule has 0 heterocycles. The first-order valence-corrected chi connectivity index (χ1v) is 9.17. The number of phenols is 1. The second-order valence-electron chi connectivity index (χ2n) is 5.86. The molecule has 0 fully saturated rings. The third-order valence-corrected chi connectivity index (χ3v) is 4.01. The van der Waals surface area contributed by atoms with Gasteiger partial charge < -0.3 is 16.6 Å². The number of rotatable bonds is 6. The van der Waals surface area contributed by atoms with Gasteiger partial charge in [0.15, 0.2) is 0 Å². The molecule has 7 nitrogen and oxygen atoms in total. The van der Waals surface area contributed by atoms with E-state index in [-0.39, 0.29) is 41.1 Å². The van der Waals surface area contributed by atoms with Crippen LogP contribution in [-0.4, -0.2) is 42.3 Å². The molecule has 0 saturated carbocycles. The highest BCUT2D eigenvalue weighted by Crippen LogP contribution is 2.34. The molecule has 2 aromatic carbocycles. The number of hydrogen-bond donors (Lipinski definition) is 5. The van der Waals surface area contributed by atoms with Gasteiger partial charge in [-0.25, -0.2) is 0 Å². The molecule has 7 N–H and O–H groups in total. The van der Waals surface area contributed by atoms with Crippen molar-refractivity contribution in [3.05, 3.63) is 63.1 Å². The predicted molar refractivity (Wildman–Crippen MR) is 118 cm³/mol. The van der Waals surface area contributed by atoms with Crippen LogP contribution >= 0.6 is 23.2 Å². The fraction of sp³-hybridized carbons (Fsp3) is 0.158. The van der Waals surface area contributed by atoms with Crippen molar-refractivity contribution in [2.75, 3.05) is 13.1 Å². The first-order chi connectivity index (χ1) is 14.4. The maximum Gasteiger partial charge on any atom is 0.417 e. The Morgan fingerprint density at radius 2 is 1.35 bits per heavy atom. The van der Waals surface area contributed by atoms with E-state index in [4.69, 9.17) is 45.5 Å². The zero-order chi connectivity index (χ0) is 23.6. The van der Waals surface area contributed by atoms with Crippen LogP contribution in [-0.2, 0) is 6.18 Å². The summed E-state index contributed by atoms with van der Waals surface area (Å²) in [7, 11) is 0. The maximum absolute atomic E-state index is 12.6. The summed E-state index contributed by atoms with van der Waals surface area (Å²) in [6, 6.07) is 8.28. The first-order valence-electron chi connectivity index (χ1n) is 8.42. The third-order valence-electron chi connectivity index (χ3n) is 3.35. The zero-order valence-electron chi connectivity index (χ0n) is 15.9. The van der Waals surface area contributed by atoms with Crippen molar-refractivity contribution in [3.8, 4) is 5.75 Å². The molecule has 0 aliphatic heterocycles. The summed E-state index contributed by atoms with van der Waals surface area (Å²) in [4.78, 5) is 7.46. The molecule has 0 aromatic heterocycles. The molecular formula is C19H19Cl2F3N6O. The molecule has 31 heavy (non-hydrogen) atoms. The highest BCUT2D eigenvalue weighted by molar-refractivity contribution is 6.33. The zero-order valence-corrected chi connectivity index (χ0v) is 17.4. The van der Waals surface area contributed by atoms with Crippen LogP contribution in [0.5, 0.6) is 5.75 Å². The summed E-state index contributed by atoms with van der Waals surface area (Å²) in [5, 5.41) is 23.6. The lowest BCUT2D eigenvalue weighted by molar-refractivity contribution is -0.137. The smallest absolute Gasteiger partial charge is 0.417 e. The minimum absolute atomic E-state index is 0.0345. The van der Waals surface area contributed by atoms with Crippen LogP contribution in [0.15, 0.2) is 46.4 Å². The number of nitrogens with one attached hydrogen (secondary N) is 2. The molecule has 12 heteroatoms. The van der Waals surface area contributed by atoms with Gasteiger partial charge in [-0.1, -0.05) is 35.3 Å². The van der Waals surface area contributed by atoms with Crippen molar-refractivity contribution in [2.24, 2.45) is 21.5 Å². The fourth-order valence-corrected chi connectivity index (χ4v) is 2.48. The molecule has 0 bridgehead atoms. The molecule has 0 saturated heterocycles. The van der Waals surface area contributed by atoms with Crippen molar-refractivity contribution in [3.63, 3.8) is 0 Å². The van der Waals surface area contributed by atoms with E-state index in [1.54, 1.807) is 12.1 Å². The maximum atomic E-state index is 12.6. The summed E-state index contributed by atoms with van der Waals surface area (Å²) in [6.45, 7) is -0.0623. The quantitative estimate of drug-likeness (QED) is 0.317. The van der Waals surface area contributed by atoms with Crippen molar-refractivity contribution in [2.45, 2.75) is 6.18 Å². The summed E-state index contributed by atoms with van der Waals surface area (Å²) < 4.78 is 37.9.